The fourth-order valence-electron chi connectivity index (χ4n) is 2.82. The molecule has 2 N–H and O–H groups in total. The van der Waals surface area contributed by atoms with Gasteiger partial charge in [0.05, 0.1) is 0 Å². The standard InChI is InChI=1S/C13H25NO2/c14-13-3-1-2-12(13)6-9-16-10-11-4-7-15-8-5-11/h11-13H,1-10,14H2. The van der Waals surface area contributed by atoms with Crippen molar-refractivity contribution in [1.29, 1.82) is 0 Å². The molecule has 16 heavy (non-hydrogen) atoms. The molecular formula is C13H25NO2. The van der Waals surface area contributed by atoms with E-state index in [-0.39, 0.29) is 0 Å². The van der Waals surface area contributed by atoms with E-state index >= 15 is 0 Å². The van der Waals surface area contributed by atoms with Crippen molar-refractivity contribution in [1.82, 2.24) is 0 Å². The molecule has 3 nitrogen and oxygen atoms in total. The highest BCUT2D eigenvalue weighted by atomic mass is 16.5. The molecule has 0 radical (unpaired) electrons. The van der Waals surface area contributed by atoms with Crippen LogP contribution in [0.25, 0.3) is 0 Å². The Labute approximate surface area is 98.7 Å². The van der Waals surface area contributed by atoms with Gasteiger partial charge >= 0.3 is 0 Å². The Balaban J connectivity index is 1.51. The number of nitrogens with two attached hydrogens (primary N) is 1. The second kappa shape index (κ2) is 6.58. The maximum absolute atomic E-state index is 6.03. The molecule has 3 heteroatoms. The number of hydrogen-bond donors (Lipinski definition) is 1. The molecule has 0 aromatic carbocycles. The van der Waals surface area contributed by atoms with Crippen LogP contribution in [0.3, 0.4) is 0 Å². The van der Waals surface area contributed by atoms with Gasteiger partial charge in [0.2, 0.25) is 0 Å². The van der Waals surface area contributed by atoms with Crippen LogP contribution in [0.2, 0.25) is 0 Å². The first-order valence-electron chi connectivity index (χ1n) is 6.77. The van der Waals surface area contributed by atoms with Crippen LogP contribution in [0.5, 0.6) is 0 Å². The lowest BCUT2D eigenvalue weighted by atomic mass is 10.0. The van der Waals surface area contributed by atoms with Crippen molar-refractivity contribution in [2.45, 2.75) is 44.6 Å². The van der Waals surface area contributed by atoms with Gasteiger partial charge in [-0.25, -0.2) is 0 Å². The van der Waals surface area contributed by atoms with Gasteiger partial charge in [0.15, 0.2) is 0 Å². The average molecular weight is 227 g/mol. The third-order valence-corrected chi connectivity index (χ3v) is 4.05. The van der Waals surface area contributed by atoms with Gasteiger partial charge in [-0.3, -0.25) is 0 Å². The van der Waals surface area contributed by atoms with Gasteiger partial charge in [0, 0.05) is 32.5 Å². The smallest absolute Gasteiger partial charge is 0.0495 e. The average Bonchev–Trinajstić information content (AvgIpc) is 2.72. The van der Waals surface area contributed by atoms with E-state index in [1.165, 1.54) is 32.1 Å². The molecule has 0 amide bonds. The summed E-state index contributed by atoms with van der Waals surface area (Å²) in [5.41, 5.74) is 6.03. The molecule has 0 aromatic rings. The van der Waals surface area contributed by atoms with E-state index in [2.05, 4.69) is 0 Å². The van der Waals surface area contributed by atoms with Crippen LogP contribution < -0.4 is 5.73 Å². The Hall–Kier alpha value is -0.120. The summed E-state index contributed by atoms with van der Waals surface area (Å²) in [6, 6.07) is 0.437. The van der Waals surface area contributed by atoms with Crippen LogP contribution in [0, 0.1) is 11.8 Å². The molecule has 1 saturated carbocycles. The summed E-state index contributed by atoms with van der Waals surface area (Å²) in [5, 5.41) is 0. The van der Waals surface area contributed by atoms with E-state index in [0.29, 0.717) is 6.04 Å². The first-order chi connectivity index (χ1) is 7.86. The Bertz CT molecular complexity index is 192. The van der Waals surface area contributed by atoms with Gasteiger partial charge in [-0.15, -0.1) is 0 Å². The monoisotopic (exact) mass is 227 g/mol. The molecule has 1 heterocycles. The Morgan fingerprint density at radius 1 is 1.12 bits per heavy atom. The van der Waals surface area contributed by atoms with Crippen LogP contribution in [0.1, 0.15) is 38.5 Å². The molecule has 94 valence electrons. The summed E-state index contributed by atoms with van der Waals surface area (Å²) in [7, 11) is 0. The largest absolute Gasteiger partial charge is 0.381 e. The van der Waals surface area contributed by atoms with Crippen molar-refractivity contribution in [2.75, 3.05) is 26.4 Å². The summed E-state index contributed by atoms with van der Waals surface area (Å²) < 4.78 is 11.1. The van der Waals surface area contributed by atoms with Crippen molar-refractivity contribution in [3.05, 3.63) is 0 Å². The van der Waals surface area contributed by atoms with Crippen LogP contribution in [-0.4, -0.2) is 32.5 Å². The molecular weight excluding hydrogens is 202 g/mol. The summed E-state index contributed by atoms with van der Waals surface area (Å²) in [5.74, 6) is 1.45. The van der Waals surface area contributed by atoms with E-state index in [0.717, 1.165) is 44.7 Å². The van der Waals surface area contributed by atoms with E-state index in [4.69, 9.17) is 15.2 Å². The highest BCUT2D eigenvalue weighted by molar-refractivity contribution is 4.79. The maximum Gasteiger partial charge on any atom is 0.0495 e. The molecule has 2 atom stereocenters. The van der Waals surface area contributed by atoms with E-state index in [1.54, 1.807) is 0 Å². The lowest BCUT2D eigenvalue weighted by Gasteiger charge is -2.22. The third kappa shape index (κ3) is 3.72. The minimum absolute atomic E-state index is 0.437. The van der Waals surface area contributed by atoms with Crippen molar-refractivity contribution < 1.29 is 9.47 Å². The van der Waals surface area contributed by atoms with Gasteiger partial charge in [0.1, 0.15) is 0 Å². The molecule has 1 saturated heterocycles. The van der Waals surface area contributed by atoms with Crippen molar-refractivity contribution >= 4 is 0 Å². The predicted octanol–water partition coefficient (Wildman–Crippen LogP) is 1.95. The topological polar surface area (TPSA) is 44.5 Å². The predicted molar refractivity (Wildman–Crippen MR) is 64.3 cm³/mol. The lowest BCUT2D eigenvalue weighted by molar-refractivity contribution is 0.0175. The molecule has 2 aliphatic rings. The molecule has 1 aliphatic heterocycles. The summed E-state index contributed by atoms with van der Waals surface area (Å²) in [6.45, 7) is 3.66. The fraction of sp³-hybridized carbons (Fsp3) is 1.00. The molecule has 0 bridgehead atoms. The van der Waals surface area contributed by atoms with E-state index < -0.39 is 0 Å². The van der Waals surface area contributed by atoms with E-state index in [1.807, 2.05) is 0 Å². The van der Waals surface area contributed by atoms with Crippen molar-refractivity contribution in [2.24, 2.45) is 17.6 Å². The number of rotatable bonds is 5. The zero-order valence-corrected chi connectivity index (χ0v) is 10.2. The SMILES string of the molecule is NC1CCCC1CCOCC1CCOCC1. The molecule has 2 rings (SSSR count). The second-order valence-electron chi connectivity index (χ2n) is 5.27. The first-order valence-corrected chi connectivity index (χ1v) is 6.77. The molecule has 2 fully saturated rings. The quantitative estimate of drug-likeness (QED) is 0.730. The van der Waals surface area contributed by atoms with Crippen LogP contribution >= 0.6 is 0 Å². The van der Waals surface area contributed by atoms with Gasteiger partial charge in [0.25, 0.3) is 0 Å². The van der Waals surface area contributed by atoms with Crippen LogP contribution in [0.15, 0.2) is 0 Å². The highest BCUT2D eigenvalue weighted by Crippen LogP contribution is 2.26. The van der Waals surface area contributed by atoms with Gasteiger partial charge in [-0.1, -0.05) is 6.42 Å². The van der Waals surface area contributed by atoms with Crippen LogP contribution in [0.4, 0.5) is 0 Å². The molecule has 0 spiro atoms. The number of hydrogen-bond acceptors (Lipinski definition) is 3. The first kappa shape index (κ1) is 12.3. The summed E-state index contributed by atoms with van der Waals surface area (Å²) in [4.78, 5) is 0. The minimum Gasteiger partial charge on any atom is -0.381 e. The lowest BCUT2D eigenvalue weighted by Crippen LogP contribution is -2.26. The zero-order valence-electron chi connectivity index (χ0n) is 10.2. The Kier molecular flexibility index (Phi) is 5.07. The number of ether oxygens (including phenoxy) is 2. The molecule has 1 aliphatic carbocycles. The summed E-state index contributed by atoms with van der Waals surface area (Å²) in [6.07, 6.45) is 7.33. The third-order valence-electron chi connectivity index (χ3n) is 4.05. The van der Waals surface area contributed by atoms with Crippen molar-refractivity contribution in [3.63, 3.8) is 0 Å². The maximum atomic E-state index is 6.03. The minimum atomic E-state index is 0.437. The van der Waals surface area contributed by atoms with Gasteiger partial charge in [-0.2, -0.15) is 0 Å². The van der Waals surface area contributed by atoms with Gasteiger partial charge < -0.3 is 15.2 Å². The highest BCUT2D eigenvalue weighted by Gasteiger charge is 2.23. The van der Waals surface area contributed by atoms with Crippen molar-refractivity contribution in [3.8, 4) is 0 Å². The Morgan fingerprint density at radius 2 is 1.94 bits per heavy atom. The Morgan fingerprint density at radius 3 is 2.62 bits per heavy atom. The molecule has 2 unspecified atom stereocenters. The van der Waals surface area contributed by atoms with E-state index in [9.17, 15) is 0 Å². The second-order valence-corrected chi connectivity index (χ2v) is 5.27. The normalized spacial score (nSPS) is 32.1. The molecule has 0 aromatic heterocycles. The van der Waals surface area contributed by atoms with Crippen LogP contribution in [-0.2, 0) is 9.47 Å². The summed E-state index contributed by atoms with van der Waals surface area (Å²) >= 11 is 0. The van der Waals surface area contributed by atoms with Gasteiger partial charge in [-0.05, 0) is 43.9 Å². The fourth-order valence-corrected chi connectivity index (χ4v) is 2.82. The zero-order chi connectivity index (χ0) is 11.2.